The Labute approximate surface area is 173 Å². The first-order chi connectivity index (χ1) is 14.0. The predicted octanol–water partition coefficient (Wildman–Crippen LogP) is 4.42. The molecular weight excluding hydrogens is 384 g/mol. The smallest absolute Gasteiger partial charge is 0.339 e. The molecule has 1 amide bonds. The first-order valence-corrected chi connectivity index (χ1v) is 10.5. The Morgan fingerprint density at radius 1 is 1.17 bits per heavy atom. The Balaban J connectivity index is 1.81. The average molecular weight is 407 g/mol. The van der Waals surface area contributed by atoms with Gasteiger partial charge >= 0.3 is 5.97 Å². The zero-order valence-electron chi connectivity index (χ0n) is 16.5. The quantitative estimate of drug-likeness (QED) is 0.602. The molecule has 0 saturated carbocycles. The molecule has 0 spiro atoms. The van der Waals surface area contributed by atoms with E-state index in [4.69, 9.17) is 9.72 Å². The summed E-state index contributed by atoms with van der Waals surface area (Å²) >= 11 is 1.68. The van der Waals surface area contributed by atoms with Gasteiger partial charge in [0.05, 0.1) is 16.8 Å². The third kappa shape index (κ3) is 3.93. The maximum atomic E-state index is 13.0. The number of nitrogens with zero attached hydrogens (tertiary/aromatic N) is 2. The third-order valence-electron chi connectivity index (χ3n) is 5.06. The predicted molar refractivity (Wildman–Crippen MR) is 116 cm³/mol. The normalized spacial score (nSPS) is 14.6. The zero-order chi connectivity index (χ0) is 20.4. The molecule has 29 heavy (non-hydrogen) atoms. The topological polar surface area (TPSA) is 59.5 Å². The van der Waals surface area contributed by atoms with Crippen molar-refractivity contribution in [2.24, 2.45) is 0 Å². The van der Waals surface area contributed by atoms with Crippen LogP contribution in [-0.2, 0) is 16.0 Å². The lowest BCUT2D eigenvalue weighted by Crippen LogP contribution is -2.28. The molecule has 148 valence electrons. The molecule has 0 N–H and O–H groups in total. The summed E-state index contributed by atoms with van der Waals surface area (Å²) in [5.74, 6) is -0.712. The number of para-hydroxylation sites is 1. The van der Waals surface area contributed by atoms with Crippen LogP contribution in [0.1, 0.15) is 39.3 Å². The summed E-state index contributed by atoms with van der Waals surface area (Å²) in [7, 11) is 3.28. The summed E-state index contributed by atoms with van der Waals surface area (Å²) in [6, 6.07) is 11.7. The van der Waals surface area contributed by atoms with Gasteiger partial charge in [0, 0.05) is 24.4 Å². The number of aromatic nitrogens is 1. The van der Waals surface area contributed by atoms with Crippen molar-refractivity contribution in [1.82, 2.24) is 9.88 Å². The van der Waals surface area contributed by atoms with Crippen molar-refractivity contribution in [2.45, 2.75) is 19.3 Å². The fourth-order valence-electron chi connectivity index (χ4n) is 3.58. The average Bonchev–Trinajstić information content (AvgIpc) is 3.23. The van der Waals surface area contributed by atoms with E-state index in [1.54, 1.807) is 25.4 Å². The summed E-state index contributed by atoms with van der Waals surface area (Å²) in [5.41, 5.74) is 4.22. The molecule has 0 saturated heterocycles. The van der Waals surface area contributed by atoms with Gasteiger partial charge in [-0.2, -0.15) is 0 Å². The molecule has 5 nitrogen and oxygen atoms in total. The van der Waals surface area contributed by atoms with Gasteiger partial charge in [-0.05, 0) is 54.0 Å². The number of pyridine rings is 1. The lowest BCUT2D eigenvalue weighted by molar-refractivity contribution is -0.131. The van der Waals surface area contributed by atoms with Crippen molar-refractivity contribution in [2.75, 3.05) is 20.7 Å². The Bertz CT molecular complexity index is 1100. The largest absolute Gasteiger partial charge is 0.452 e. The van der Waals surface area contributed by atoms with Gasteiger partial charge in [-0.25, -0.2) is 9.78 Å². The van der Waals surface area contributed by atoms with Gasteiger partial charge in [0.25, 0.3) is 5.91 Å². The molecule has 6 heteroatoms. The van der Waals surface area contributed by atoms with Crippen molar-refractivity contribution in [3.8, 4) is 0 Å². The van der Waals surface area contributed by atoms with Crippen molar-refractivity contribution >= 4 is 45.8 Å². The number of rotatable bonds is 4. The van der Waals surface area contributed by atoms with E-state index in [0.29, 0.717) is 5.56 Å². The van der Waals surface area contributed by atoms with Crippen LogP contribution in [-0.4, -0.2) is 42.5 Å². The third-order valence-corrected chi connectivity index (χ3v) is 5.88. The molecule has 0 fully saturated rings. The highest BCUT2D eigenvalue weighted by Crippen LogP contribution is 2.36. The number of amides is 1. The van der Waals surface area contributed by atoms with Crippen molar-refractivity contribution in [3.63, 3.8) is 0 Å². The molecule has 1 aromatic carbocycles. The van der Waals surface area contributed by atoms with Gasteiger partial charge in [-0.1, -0.05) is 24.3 Å². The number of carbonyl (C=O) groups is 2. The Morgan fingerprint density at radius 2 is 2.00 bits per heavy atom. The summed E-state index contributed by atoms with van der Waals surface area (Å²) in [5, 5.41) is 2.82. The standard InChI is InChI=1S/C23H22N2O3S/c1-25(2)20(26)14-28-23(27)21-17-9-3-4-11-19(17)24-22-15(7-5-10-18(21)22)13-16-8-6-12-29-16/h3-4,6,8-9,11-13H,5,7,10,14H2,1-2H3/b15-13+. The van der Waals surface area contributed by atoms with Crippen LogP contribution in [0.4, 0.5) is 0 Å². The fourth-order valence-corrected chi connectivity index (χ4v) is 4.26. The van der Waals surface area contributed by atoms with Crippen molar-refractivity contribution in [1.29, 1.82) is 0 Å². The van der Waals surface area contributed by atoms with E-state index >= 15 is 0 Å². The van der Waals surface area contributed by atoms with Gasteiger partial charge in [-0.3, -0.25) is 4.79 Å². The van der Waals surface area contributed by atoms with E-state index < -0.39 is 5.97 Å². The number of likely N-dealkylation sites (N-methyl/N-ethyl adjacent to an activating group) is 1. The van der Waals surface area contributed by atoms with Crippen LogP contribution < -0.4 is 0 Å². The molecule has 3 aromatic rings. The molecule has 2 aromatic heterocycles. The lowest BCUT2D eigenvalue weighted by atomic mass is 9.86. The number of fused-ring (bicyclic) bond motifs is 2. The monoisotopic (exact) mass is 406 g/mol. The lowest BCUT2D eigenvalue weighted by Gasteiger charge is -2.22. The summed E-state index contributed by atoms with van der Waals surface area (Å²) in [6.45, 7) is -0.269. The Hall–Kier alpha value is -2.99. The van der Waals surface area contributed by atoms with Crippen LogP contribution in [0.2, 0.25) is 0 Å². The van der Waals surface area contributed by atoms with E-state index in [2.05, 4.69) is 17.5 Å². The Kier molecular flexibility index (Phi) is 5.45. The molecule has 0 bridgehead atoms. The molecular formula is C23H22N2O3S. The fraction of sp³-hybridized carbons (Fsp3) is 0.261. The van der Waals surface area contributed by atoms with E-state index in [0.717, 1.165) is 47.0 Å². The van der Waals surface area contributed by atoms with E-state index in [9.17, 15) is 9.59 Å². The Morgan fingerprint density at radius 3 is 2.76 bits per heavy atom. The van der Waals surface area contributed by atoms with Crippen LogP contribution in [0.5, 0.6) is 0 Å². The van der Waals surface area contributed by atoms with Gasteiger partial charge in [-0.15, -0.1) is 11.3 Å². The second kappa shape index (κ2) is 8.17. The second-order valence-corrected chi connectivity index (χ2v) is 8.21. The first kappa shape index (κ1) is 19.3. The number of allylic oxidation sites excluding steroid dienone is 1. The van der Waals surface area contributed by atoms with Crippen LogP contribution in [0.3, 0.4) is 0 Å². The molecule has 0 radical (unpaired) electrons. The maximum Gasteiger partial charge on any atom is 0.339 e. The molecule has 0 atom stereocenters. The SMILES string of the molecule is CN(C)C(=O)COC(=O)c1c2c(nc3ccccc13)/C(=C/c1cccs1)CCC2. The van der Waals surface area contributed by atoms with Crippen LogP contribution in [0.25, 0.3) is 22.6 Å². The van der Waals surface area contributed by atoms with Gasteiger partial charge < -0.3 is 9.64 Å². The minimum absolute atomic E-state index is 0.246. The van der Waals surface area contributed by atoms with Gasteiger partial charge in [0.15, 0.2) is 6.61 Å². The first-order valence-electron chi connectivity index (χ1n) is 9.58. The second-order valence-electron chi connectivity index (χ2n) is 7.23. The van der Waals surface area contributed by atoms with Gasteiger partial charge in [0.2, 0.25) is 0 Å². The zero-order valence-corrected chi connectivity index (χ0v) is 17.3. The van der Waals surface area contributed by atoms with Crippen LogP contribution >= 0.6 is 11.3 Å². The minimum atomic E-state index is -0.465. The van der Waals surface area contributed by atoms with E-state index in [1.807, 2.05) is 30.3 Å². The van der Waals surface area contributed by atoms with Gasteiger partial charge in [0.1, 0.15) is 0 Å². The van der Waals surface area contributed by atoms with Crippen LogP contribution in [0, 0.1) is 0 Å². The number of esters is 1. The number of carbonyl (C=O) groups excluding carboxylic acids is 2. The number of benzene rings is 1. The number of hydrogen-bond acceptors (Lipinski definition) is 5. The highest BCUT2D eigenvalue weighted by molar-refractivity contribution is 7.10. The van der Waals surface area contributed by atoms with Crippen molar-refractivity contribution in [3.05, 3.63) is 63.5 Å². The molecule has 2 heterocycles. The number of ether oxygens (including phenoxy) is 1. The summed E-state index contributed by atoms with van der Waals surface area (Å²) in [4.78, 5) is 32.4. The number of thiophene rings is 1. The highest BCUT2D eigenvalue weighted by Gasteiger charge is 2.26. The molecule has 4 rings (SSSR count). The number of hydrogen-bond donors (Lipinski definition) is 0. The maximum absolute atomic E-state index is 13.0. The van der Waals surface area contributed by atoms with E-state index in [1.165, 1.54) is 9.78 Å². The molecule has 1 aliphatic rings. The van der Waals surface area contributed by atoms with Crippen LogP contribution in [0.15, 0.2) is 41.8 Å². The van der Waals surface area contributed by atoms with E-state index in [-0.39, 0.29) is 12.5 Å². The molecule has 0 aliphatic heterocycles. The summed E-state index contributed by atoms with van der Waals surface area (Å²) in [6.07, 6.45) is 4.79. The van der Waals surface area contributed by atoms with Crippen molar-refractivity contribution < 1.29 is 14.3 Å². The molecule has 0 unspecified atom stereocenters. The minimum Gasteiger partial charge on any atom is -0.452 e. The highest BCUT2D eigenvalue weighted by atomic mass is 32.1. The molecule has 1 aliphatic carbocycles. The summed E-state index contributed by atoms with van der Waals surface area (Å²) < 4.78 is 5.39.